The first-order chi connectivity index (χ1) is 24.1. The molecule has 3 N–H and O–H groups in total. The van der Waals surface area contributed by atoms with Crippen LogP contribution >= 0.6 is 0 Å². The molecule has 0 aromatic heterocycles. The molecule has 7 nitrogen and oxygen atoms in total. The fourth-order valence-corrected chi connectivity index (χ4v) is 5.84. The lowest BCUT2D eigenvalue weighted by atomic mass is 10.1. The Labute approximate surface area is 298 Å². The quantitative estimate of drug-likeness (QED) is 0.0663. The molecule has 0 aliphatic carbocycles. The fraction of sp³-hybridized carbons (Fsp3) is 0.667. The van der Waals surface area contributed by atoms with Gasteiger partial charge in [-0.05, 0) is 61.4 Å². The lowest BCUT2D eigenvalue weighted by molar-refractivity contribution is 0.304. The van der Waals surface area contributed by atoms with Crippen molar-refractivity contribution in [1.29, 1.82) is 0 Å². The molecular formula is C42H69N3O4. The zero-order valence-electron chi connectivity index (χ0n) is 31.1. The van der Waals surface area contributed by atoms with E-state index in [9.17, 15) is 9.59 Å². The Hall–Kier alpha value is -3.06. The third-order valence-electron chi connectivity index (χ3n) is 8.93. The van der Waals surface area contributed by atoms with Crippen molar-refractivity contribution in [1.82, 2.24) is 5.32 Å². The van der Waals surface area contributed by atoms with Gasteiger partial charge in [-0.2, -0.15) is 0 Å². The molecule has 7 heteroatoms. The Kier molecular flexibility index (Phi) is 25.6. The molecule has 0 amide bonds. The maximum absolute atomic E-state index is 12.5. The Bertz CT molecular complexity index is 1120. The fourth-order valence-electron chi connectivity index (χ4n) is 5.84. The largest absolute Gasteiger partial charge is 0.494 e. The third kappa shape index (κ3) is 22.3. The van der Waals surface area contributed by atoms with E-state index in [0.717, 1.165) is 24.3 Å². The summed E-state index contributed by atoms with van der Waals surface area (Å²) in [5, 5.41) is 9.81. The normalized spacial score (nSPS) is 11.0. The van der Waals surface area contributed by atoms with Crippen LogP contribution in [0.1, 0.15) is 142 Å². The molecule has 276 valence electrons. The van der Waals surface area contributed by atoms with Gasteiger partial charge in [-0.15, -0.1) is 0 Å². The summed E-state index contributed by atoms with van der Waals surface area (Å²) in [7, 11) is 0. The van der Waals surface area contributed by atoms with Gasteiger partial charge >= 0.3 is 0 Å². The SMILES string of the molecule is CCCCCCCCCCCCOc1ccc(NCCNCCNc2ccc(OCCCCCCCCCCCC)ccc2=O)c(=O)cc1. The van der Waals surface area contributed by atoms with Crippen LogP contribution in [0.25, 0.3) is 0 Å². The van der Waals surface area contributed by atoms with Gasteiger partial charge in [0.15, 0.2) is 0 Å². The highest BCUT2D eigenvalue weighted by Gasteiger charge is 2.02. The second-order valence-corrected chi connectivity index (χ2v) is 13.4. The van der Waals surface area contributed by atoms with Crippen LogP contribution in [0, 0.1) is 0 Å². The van der Waals surface area contributed by atoms with Crippen LogP contribution in [0.5, 0.6) is 11.5 Å². The number of hydrogen-bond donors (Lipinski definition) is 3. The van der Waals surface area contributed by atoms with Gasteiger partial charge < -0.3 is 25.4 Å². The van der Waals surface area contributed by atoms with E-state index in [1.54, 1.807) is 36.4 Å². The molecule has 0 saturated carbocycles. The van der Waals surface area contributed by atoms with E-state index in [1.807, 2.05) is 12.1 Å². The number of nitrogens with one attached hydrogen (secondary N) is 3. The molecule has 0 aliphatic rings. The zero-order valence-corrected chi connectivity index (χ0v) is 31.1. The van der Waals surface area contributed by atoms with Crippen LogP contribution in [0.15, 0.2) is 58.1 Å². The van der Waals surface area contributed by atoms with Gasteiger partial charge in [-0.3, -0.25) is 9.59 Å². The Balaban J connectivity index is 1.53. The van der Waals surface area contributed by atoms with Crippen molar-refractivity contribution in [2.75, 3.05) is 50.0 Å². The summed E-state index contributed by atoms with van der Waals surface area (Å²) in [5.74, 6) is 1.45. The molecule has 0 saturated heterocycles. The second kappa shape index (κ2) is 29.8. The van der Waals surface area contributed by atoms with Crippen molar-refractivity contribution in [3.63, 3.8) is 0 Å². The molecule has 0 atom stereocenters. The predicted molar refractivity (Wildman–Crippen MR) is 210 cm³/mol. The molecule has 49 heavy (non-hydrogen) atoms. The van der Waals surface area contributed by atoms with Crippen LogP contribution < -0.4 is 36.3 Å². The van der Waals surface area contributed by atoms with Crippen LogP contribution in [0.3, 0.4) is 0 Å². The number of anilines is 2. The minimum Gasteiger partial charge on any atom is -0.494 e. The second-order valence-electron chi connectivity index (χ2n) is 13.4. The lowest BCUT2D eigenvalue weighted by Crippen LogP contribution is -2.28. The number of rotatable bonds is 32. The van der Waals surface area contributed by atoms with Crippen LogP contribution in [-0.2, 0) is 0 Å². The topological polar surface area (TPSA) is 88.7 Å². The molecule has 0 aliphatic heterocycles. The van der Waals surface area contributed by atoms with Crippen molar-refractivity contribution in [3.8, 4) is 11.5 Å². The number of ether oxygens (including phenoxy) is 2. The zero-order chi connectivity index (χ0) is 35.0. The smallest absolute Gasteiger partial charge is 0.201 e. The highest BCUT2D eigenvalue weighted by Crippen LogP contribution is 2.15. The summed E-state index contributed by atoms with van der Waals surface area (Å²) >= 11 is 0. The molecule has 2 aromatic rings. The molecule has 2 aromatic carbocycles. The highest BCUT2D eigenvalue weighted by molar-refractivity contribution is 5.45. The Morgan fingerprint density at radius 3 is 1.10 bits per heavy atom. The van der Waals surface area contributed by atoms with E-state index in [-0.39, 0.29) is 10.9 Å². The standard InChI is InChI=1S/C42H69N3O4/c1-3-5-7-9-11-13-15-17-19-21-35-48-37-23-27-39(41(46)29-25-37)44-33-31-43-32-34-45-40-28-24-38(26-30-42(40)47)49-36-22-20-18-16-14-12-10-8-6-4-2/h23-30,43H,3-22,31-36H2,1-2H3,(H,44,46)(H,45,47). The number of unbranched alkanes of at least 4 members (excludes halogenated alkanes) is 18. The first kappa shape index (κ1) is 42.1. The molecule has 0 fully saturated rings. The number of hydrogen-bond acceptors (Lipinski definition) is 7. The first-order valence-corrected chi connectivity index (χ1v) is 19.9. The summed E-state index contributed by atoms with van der Waals surface area (Å²) in [6.07, 6.45) is 25.9. The average Bonchev–Trinajstić information content (AvgIpc) is 3.40. The van der Waals surface area contributed by atoms with E-state index in [4.69, 9.17) is 9.47 Å². The summed E-state index contributed by atoms with van der Waals surface area (Å²) in [6, 6.07) is 14.0. The Morgan fingerprint density at radius 1 is 0.408 bits per heavy atom. The summed E-state index contributed by atoms with van der Waals surface area (Å²) in [6.45, 7) is 8.48. The van der Waals surface area contributed by atoms with Crippen molar-refractivity contribution in [2.45, 2.75) is 142 Å². The maximum atomic E-state index is 12.5. The minimum absolute atomic E-state index is 0.0535. The third-order valence-corrected chi connectivity index (χ3v) is 8.93. The van der Waals surface area contributed by atoms with E-state index >= 15 is 0 Å². The van der Waals surface area contributed by atoms with Crippen molar-refractivity contribution in [2.24, 2.45) is 0 Å². The van der Waals surface area contributed by atoms with Gasteiger partial charge in [0.25, 0.3) is 0 Å². The summed E-state index contributed by atoms with van der Waals surface area (Å²) in [4.78, 5) is 25.0. The van der Waals surface area contributed by atoms with Gasteiger partial charge in [-0.1, -0.05) is 129 Å². The first-order valence-electron chi connectivity index (χ1n) is 19.9. The van der Waals surface area contributed by atoms with Crippen LogP contribution in [-0.4, -0.2) is 39.4 Å². The lowest BCUT2D eigenvalue weighted by Gasteiger charge is -2.08. The summed E-state index contributed by atoms with van der Waals surface area (Å²) in [5.41, 5.74) is 1.02. The molecular weight excluding hydrogens is 610 g/mol. The molecule has 0 heterocycles. The van der Waals surface area contributed by atoms with Gasteiger partial charge in [0.1, 0.15) is 11.5 Å². The molecule has 0 unspecified atom stereocenters. The van der Waals surface area contributed by atoms with Gasteiger partial charge in [0, 0.05) is 26.2 Å². The monoisotopic (exact) mass is 680 g/mol. The predicted octanol–water partition coefficient (Wildman–Crippen LogP) is 10.1. The van der Waals surface area contributed by atoms with Crippen molar-refractivity contribution < 1.29 is 9.47 Å². The average molecular weight is 680 g/mol. The van der Waals surface area contributed by atoms with Gasteiger partial charge in [0.2, 0.25) is 10.9 Å². The van der Waals surface area contributed by atoms with Crippen LogP contribution in [0.4, 0.5) is 11.4 Å². The molecule has 0 radical (unpaired) electrons. The van der Waals surface area contributed by atoms with Gasteiger partial charge in [0.05, 0.1) is 24.6 Å². The molecule has 0 spiro atoms. The summed E-state index contributed by atoms with van der Waals surface area (Å²) < 4.78 is 11.8. The van der Waals surface area contributed by atoms with Crippen LogP contribution in [0.2, 0.25) is 0 Å². The molecule has 2 rings (SSSR count). The maximum Gasteiger partial charge on any atom is 0.201 e. The Morgan fingerprint density at radius 2 is 0.735 bits per heavy atom. The van der Waals surface area contributed by atoms with E-state index in [0.29, 0.717) is 50.8 Å². The highest BCUT2D eigenvalue weighted by atomic mass is 16.5. The van der Waals surface area contributed by atoms with E-state index in [2.05, 4.69) is 29.8 Å². The van der Waals surface area contributed by atoms with Crippen molar-refractivity contribution in [3.05, 3.63) is 69.0 Å². The van der Waals surface area contributed by atoms with E-state index < -0.39 is 0 Å². The molecule has 0 bridgehead atoms. The van der Waals surface area contributed by atoms with E-state index in [1.165, 1.54) is 116 Å². The minimum atomic E-state index is -0.0535. The van der Waals surface area contributed by atoms with Gasteiger partial charge in [-0.25, -0.2) is 0 Å². The van der Waals surface area contributed by atoms with Crippen molar-refractivity contribution >= 4 is 11.4 Å².